The van der Waals surface area contributed by atoms with Crippen LogP contribution in [0.3, 0.4) is 0 Å². The quantitative estimate of drug-likeness (QED) is 0.789. The van der Waals surface area contributed by atoms with E-state index in [4.69, 9.17) is 4.74 Å². The van der Waals surface area contributed by atoms with Crippen molar-refractivity contribution < 1.29 is 9.84 Å². The molecular weight excluding hydrogens is 240 g/mol. The number of hydrogen-bond donors (Lipinski definition) is 2. The lowest BCUT2D eigenvalue weighted by Crippen LogP contribution is -1.87. The summed E-state index contributed by atoms with van der Waals surface area (Å²) >= 11 is 7.45. The maximum absolute atomic E-state index is 9.37. The largest absolute Gasteiger partial charge is 0.504 e. The molecule has 0 unspecified atom stereocenters. The zero-order chi connectivity index (χ0) is 9.14. The van der Waals surface area contributed by atoms with Crippen LogP contribution in [-0.2, 0) is 5.75 Å². The van der Waals surface area contributed by atoms with Gasteiger partial charge in [-0.25, -0.2) is 0 Å². The lowest BCUT2D eigenvalue weighted by Gasteiger charge is -2.06. The molecule has 1 N–H and O–H groups in total. The van der Waals surface area contributed by atoms with Crippen molar-refractivity contribution >= 4 is 28.6 Å². The monoisotopic (exact) mass is 248 g/mol. The molecule has 66 valence electrons. The average molecular weight is 249 g/mol. The van der Waals surface area contributed by atoms with Gasteiger partial charge in [0.1, 0.15) is 0 Å². The molecule has 0 aliphatic rings. The fraction of sp³-hybridized carbons (Fsp3) is 0.250. The maximum atomic E-state index is 9.37. The van der Waals surface area contributed by atoms with Gasteiger partial charge in [0.2, 0.25) is 0 Å². The van der Waals surface area contributed by atoms with Gasteiger partial charge in [-0.3, -0.25) is 0 Å². The summed E-state index contributed by atoms with van der Waals surface area (Å²) in [5, 5.41) is 9.37. The van der Waals surface area contributed by atoms with Gasteiger partial charge in [0.25, 0.3) is 0 Å². The first-order valence-electron chi connectivity index (χ1n) is 3.35. The summed E-state index contributed by atoms with van der Waals surface area (Å²) in [6.07, 6.45) is 0. The summed E-state index contributed by atoms with van der Waals surface area (Å²) in [4.78, 5) is 0. The molecule has 0 saturated heterocycles. The Balaban J connectivity index is 3.16. The second-order valence-corrected chi connectivity index (χ2v) is 3.44. The minimum absolute atomic E-state index is 0.143. The molecule has 0 spiro atoms. The van der Waals surface area contributed by atoms with Crippen molar-refractivity contribution in [2.75, 3.05) is 7.11 Å². The first-order chi connectivity index (χ1) is 5.69. The van der Waals surface area contributed by atoms with E-state index in [0.717, 1.165) is 10.0 Å². The minimum Gasteiger partial charge on any atom is -0.504 e. The van der Waals surface area contributed by atoms with Crippen molar-refractivity contribution in [1.82, 2.24) is 0 Å². The molecule has 0 atom stereocenters. The van der Waals surface area contributed by atoms with E-state index in [1.807, 2.05) is 0 Å². The van der Waals surface area contributed by atoms with Gasteiger partial charge in [-0.1, -0.05) is 15.9 Å². The van der Waals surface area contributed by atoms with Crippen LogP contribution in [0.5, 0.6) is 11.5 Å². The van der Waals surface area contributed by atoms with Crippen molar-refractivity contribution in [3.05, 3.63) is 22.2 Å². The Hall–Kier alpha value is -0.350. The van der Waals surface area contributed by atoms with Crippen LogP contribution in [0, 0.1) is 0 Å². The van der Waals surface area contributed by atoms with Crippen molar-refractivity contribution in [2.24, 2.45) is 0 Å². The second kappa shape index (κ2) is 4.05. The first-order valence-corrected chi connectivity index (χ1v) is 4.77. The van der Waals surface area contributed by atoms with E-state index < -0.39 is 0 Å². The van der Waals surface area contributed by atoms with E-state index in [1.54, 1.807) is 12.1 Å². The fourth-order valence-corrected chi connectivity index (χ4v) is 1.81. The highest BCUT2D eigenvalue weighted by molar-refractivity contribution is 9.10. The fourth-order valence-electron chi connectivity index (χ4n) is 0.872. The predicted octanol–water partition coefficient (Wildman–Crippen LogP) is 2.59. The van der Waals surface area contributed by atoms with Crippen molar-refractivity contribution in [2.45, 2.75) is 5.75 Å². The Kier molecular flexibility index (Phi) is 3.29. The zero-order valence-corrected chi connectivity index (χ0v) is 9.02. The molecule has 0 aliphatic carbocycles. The third-order valence-corrected chi connectivity index (χ3v) is 2.60. The van der Waals surface area contributed by atoms with E-state index in [9.17, 15) is 5.11 Å². The molecule has 12 heavy (non-hydrogen) atoms. The summed E-state index contributed by atoms with van der Waals surface area (Å²) in [5.41, 5.74) is 0.941. The van der Waals surface area contributed by atoms with E-state index in [-0.39, 0.29) is 5.75 Å². The van der Waals surface area contributed by atoms with Crippen LogP contribution < -0.4 is 4.74 Å². The van der Waals surface area contributed by atoms with E-state index in [2.05, 4.69) is 28.6 Å². The van der Waals surface area contributed by atoms with E-state index >= 15 is 0 Å². The smallest absolute Gasteiger partial charge is 0.161 e. The number of hydrogen-bond acceptors (Lipinski definition) is 3. The van der Waals surface area contributed by atoms with Gasteiger partial charge < -0.3 is 9.84 Å². The third kappa shape index (κ3) is 1.87. The summed E-state index contributed by atoms with van der Waals surface area (Å²) in [7, 11) is 1.52. The Bertz CT molecular complexity index is 259. The molecule has 2 nitrogen and oxygen atoms in total. The standard InChI is InChI=1S/C8H9BrO2S/c1-11-8-3-6(9)5(4-12)2-7(8)10/h2-3,10,12H,4H2,1H3. The molecule has 4 heteroatoms. The van der Waals surface area contributed by atoms with Crippen molar-refractivity contribution in [3.63, 3.8) is 0 Å². The lowest BCUT2D eigenvalue weighted by atomic mass is 10.2. The third-order valence-electron chi connectivity index (χ3n) is 1.52. The van der Waals surface area contributed by atoms with Crippen molar-refractivity contribution in [1.29, 1.82) is 0 Å². The average Bonchev–Trinajstić information content (AvgIpc) is 2.08. The molecular formula is C8H9BrO2S. The summed E-state index contributed by atoms with van der Waals surface area (Å²) in [6.45, 7) is 0. The molecule has 0 saturated carbocycles. The molecule has 1 aromatic carbocycles. The van der Waals surface area contributed by atoms with Gasteiger partial charge in [0.05, 0.1) is 7.11 Å². The molecule has 0 amide bonds. The summed E-state index contributed by atoms with van der Waals surface area (Å²) in [5.74, 6) is 1.19. The first kappa shape index (κ1) is 9.74. The van der Waals surface area contributed by atoms with E-state index in [1.165, 1.54) is 7.11 Å². The molecule has 0 aliphatic heterocycles. The number of rotatable bonds is 2. The van der Waals surface area contributed by atoms with Gasteiger partial charge in [0, 0.05) is 10.2 Å². The summed E-state index contributed by atoms with van der Waals surface area (Å²) in [6, 6.07) is 3.36. The topological polar surface area (TPSA) is 29.5 Å². The van der Waals surface area contributed by atoms with Gasteiger partial charge in [-0.2, -0.15) is 12.6 Å². The number of benzene rings is 1. The number of methoxy groups -OCH3 is 1. The number of phenols is 1. The number of phenolic OH excluding ortho intramolecular Hbond substituents is 1. The van der Waals surface area contributed by atoms with Crippen molar-refractivity contribution in [3.8, 4) is 11.5 Å². The van der Waals surface area contributed by atoms with Crippen LogP contribution in [0.4, 0.5) is 0 Å². The Labute approximate surface area is 85.1 Å². The maximum Gasteiger partial charge on any atom is 0.161 e. The highest BCUT2D eigenvalue weighted by atomic mass is 79.9. The number of ether oxygens (including phenoxy) is 1. The summed E-state index contributed by atoms with van der Waals surface area (Å²) < 4.78 is 5.82. The molecule has 0 bridgehead atoms. The van der Waals surface area contributed by atoms with Gasteiger partial charge >= 0.3 is 0 Å². The molecule has 0 aromatic heterocycles. The molecule has 0 heterocycles. The Morgan fingerprint density at radius 1 is 1.58 bits per heavy atom. The molecule has 1 rings (SSSR count). The van der Waals surface area contributed by atoms with Crippen LogP contribution in [0.15, 0.2) is 16.6 Å². The van der Waals surface area contributed by atoms with Crippen LogP contribution in [0.2, 0.25) is 0 Å². The molecule has 1 aromatic rings. The number of halogens is 1. The Morgan fingerprint density at radius 2 is 2.25 bits per heavy atom. The van der Waals surface area contributed by atoms with Gasteiger partial charge in [-0.05, 0) is 17.7 Å². The normalized spacial score (nSPS) is 9.92. The van der Waals surface area contributed by atoms with Crippen LogP contribution in [-0.4, -0.2) is 12.2 Å². The minimum atomic E-state index is 0.143. The molecule has 0 fully saturated rings. The molecule has 0 radical (unpaired) electrons. The van der Waals surface area contributed by atoms with Crippen LogP contribution >= 0.6 is 28.6 Å². The number of thiol groups is 1. The Morgan fingerprint density at radius 3 is 2.75 bits per heavy atom. The van der Waals surface area contributed by atoms with E-state index in [0.29, 0.717) is 11.5 Å². The highest BCUT2D eigenvalue weighted by Crippen LogP contribution is 2.32. The number of aromatic hydroxyl groups is 1. The van der Waals surface area contributed by atoms with Crippen LogP contribution in [0.25, 0.3) is 0 Å². The highest BCUT2D eigenvalue weighted by Gasteiger charge is 2.05. The van der Waals surface area contributed by atoms with Gasteiger partial charge in [0.15, 0.2) is 11.5 Å². The SMILES string of the molecule is COc1cc(Br)c(CS)cc1O. The van der Waals surface area contributed by atoms with Gasteiger partial charge in [-0.15, -0.1) is 0 Å². The predicted molar refractivity (Wildman–Crippen MR) is 55.0 cm³/mol. The second-order valence-electron chi connectivity index (χ2n) is 2.27. The van der Waals surface area contributed by atoms with Crippen LogP contribution in [0.1, 0.15) is 5.56 Å². The zero-order valence-electron chi connectivity index (χ0n) is 6.54. The lowest BCUT2D eigenvalue weighted by molar-refractivity contribution is 0.373.